The highest BCUT2D eigenvalue weighted by Gasteiger charge is 2.64. The van der Waals surface area contributed by atoms with Crippen molar-refractivity contribution in [2.75, 3.05) is 0 Å². The second kappa shape index (κ2) is 10.1. The van der Waals surface area contributed by atoms with Gasteiger partial charge < -0.3 is 25.1 Å². The van der Waals surface area contributed by atoms with Crippen LogP contribution in [0.15, 0.2) is 66.7 Å². The number of carboxylic acids is 1. The van der Waals surface area contributed by atoms with Crippen molar-refractivity contribution < 1.29 is 28.7 Å². The number of aliphatic carboxylic acids is 1. The monoisotopic (exact) mass is 677 g/mol. The van der Waals surface area contributed by atoms with Crippen LogP contribution in [-0.4, -0.2) is 55.9 Å². The number of nitrogens with zero attached hydrogens (tertiary/aromatic N) is 1. The van der Waals surface area contributed by atoms with E-state index in [1.165, 1.54) is 22.7 Å². The fourth-order valence-electron chi connectivity index (χ4n) is 4.85. The molecular formula is C26H21Br2N3O7S. The maximum absolute atomic E-state index is 13.5. The number of hydrogen-bond donors (Lipinski definition) is 3. The Labute approximate surface area is 242 Å². The van der Waals surface area contributed by atoms with Crippen molar-refractivity contribution in [2.24, 2.45) is 0 Å². The third-order valence-electron chi connectivity index (χ3n) is 6.64. The number of rotatable bonds is 6. The van der Waals surface area contributed by atoms with Crippen LogP contribution in [0.4, 0.5) is 0 Å². The molecule has 0 radical (unpaired) electrons. The molecule has 0 spiro atoms. The molecule has 202 valence electrons. The summed E-state index contributed by atoms with van der Waals surface area (Å²) in [6, 6.07) is 9.89. The van der Waals surface area contributed by atoms with E-state index in [9.17, 15) is 29.1 Å². The third-order valence-corrected chi connectivity index (χ3v) is 9.26. The van der Waals surface area contributed by atoms with Crippen LogP contribution in [0.3, 0.4) is 0 Å². The van der Waals surface area contributed by atoms with Gasteiger partial charge in [0.05, 0.1) is 4.47 Å². The highest BCUT2D eigenvalue weighted by Crippen LogP contribution is 2.50. The fourth-order valence-corrected chi connectivity index (χ4v) is 7.82. The quantitative estimate of drug-likeness (QED) is 0.266. The van der Waals surface area contributed by atoms with Crippen molar-refractivity contribution in [3.8, 4) is 0 Å². The molecule has 0 bridgehead atoms. The Balaban J connectivity index is 1.41. The largest absolute Gasteiger partial charge is 0.480 e. The summed E-state index contributed by atoms with van der Waals surface area (Å²) >= 11 is 7.98. The maximum Gasteiger partial charge on any atom is 0.349 e. The number of carboxylic acid groups (broad SMARTS) is 1. The predicted molar refractivity (Wildman–Crippen MR) is 150 cm³/mol. The number of thioether (sulfide) groups is 1. The lowest BCUT2D eigenvalue weighted by Gasteiger charge is -2.44. The van der Waals surface area contributed by atoms with Crippen LogP contribution in [-0.2, 0) is 14.4 Å². The van der Waals surface area contributed by atoms with E-state index in [4.69, 9.17) is 4.42 Å². The zero-order chi connectivity index (χ0) is 28.2. The van der Waals surface area contributed by atoms with Gasteiger partial charge in [0, 0.05) is 14.6 Å². The van der Waals surface area contributed by atoms with Gasteiger partial charge in [0.15, 0.2) is 5.58 Å². The highest BCUT2D eigenvalue weighted by molar-refractivity contribution is 9.11. The molecule has 3 aromatic rings. The molecule has 3 amide bonds. The molecule has 2 aliphatic rings. The van der Waals surface area contributed by atoms with E-state index in [-0.39, 0.29) is 11.1 Å². The number of amides is 3. The molecule has 1 aromatic heterocycles. The average molecular weight is 679 g/mol. The molecule has 2 saturated heterocycles. The van der Waals surface area contributed by atoms with E-state index in [0.29, 0.717) is 19.9 Å². The first-order valence-corrected chi connectivity index (χ1v) is 14.2. The first-order valence-electron chi connectivity index (χ1n) is 11.7. The summed E-state index contributed by atoms with van der Waals surface area (Å²) in [6.45, 7) is 3.47. The fraction of sp³-hybridized carbons (Fsp3) is 0.269. The smallest absolute Gasteiger partial charge is 0.349 e. The van der Waals surface area contributed by atoms with Crippen LogP contribution in [0.2, 0.25) is 0 Å². The highest BCUT2D eigenvalue weighted by atomic mass is 79.9. The molecule has 4 atom stereocenters. The first-order chi connectivity index (χ1) is 18.4. The van der Waals surface area contributed by atoms with Gasteiger partial charge in [-0.05, 0) is 53.5 Å². The van der Waals surface area contributed by atoms with Gasteiger partial charge in [-0.2, -0.15) is 0 Å². The lowest BCUT2D eigenvalue weighted by molar-refractivity contribution is -0.161. The Bertz CT molecular complexity index is 1590. The number of nitrogens with one attached hydrogen (secondary N) is 2. The summed E-state index contributed by atoms with van der Waals surface area (Å²) in [4.78, 5) is 65.4. The van der Waals surface area contributed by atoms with Crippen LogP contribution in [0.25, 0.3) is 11.0 Å². The Morgan fingerprint density at radius 2 is 1.79 bits per heavy atom. The van der Waals surface area contributed by atoms with Crippen molar-refractivity contribution in [1.82, 2.24) is 15.5 Å². The van der Waals surface area contributed by atoms with Crippen molar-refractivity contribution >= 4 is 78.3 Å². The van der Waals surface area contributed by atoms with Crippen molar-refractivity contribution in [3.63, 3.8) is 0 Å². The zero-order valence-electron chi connectivity index (χ0n) is 20.4. The Morgan fingerprint density at radius 3 is 2.46 bits per heavy atom. The van der Waals surface area contributed by atoms with E-state index in [1.54, 1.807) is 56.3 Å². The Kier molecular flexibility index (Phi) is 7.10. The molecule has 39 heavy (non-hydrogen) atoms. The van der Waals surface area contributed by atoms with Gasteiger partial charge in [-0.15, -0.1) is 11.8 Å². The predicted octanol–water partition coefficient (Wildman–Crippen LogP) is 3.42. The Hall–Kier alpha value is -3.16. The summed E-state index contributed by atoms with van der Waals surface area (Å²) in [6.07, 6.45) is 0. The molecule has 0 aliphatic carbocycles. The minimum Gasteiger partial charge on any atom is -0.480 e. The van der Waals surface area contributed by atoms with E-state index in [2.05, 4.69) is 42.5 Å². The summed E-state index contributed by atoms with van der Waals surface area (Å²) in [5.41, 5.74) is -0.499. The lowest BCUT2D eigenvalue weighted by Crippen LogP contribution is -2.71. The second-order valence-electron chi connectivity index (χ2n) is 9.66. The van der Waals surface area contributed by atoms with Crippen LogP contribution in [0.1, 0.15) is 35.8 Å². The average Bonchev–Trinajstić information content (AvgIpc) is 3.14. The van der Waals surface area contributed by atoms with Gasteiger partial charge in [0.25, 0.3) is 5.91 Å². The third kappa shape index (κ3) is 4.87. The summed E-state index contributed by atoms with van der Waals surface area (Å²) in [5.74, 6) is -3.14. The normalized spacial score (nSPS) is 22.1. The van der Waals surface area contributed by atoms with E-state index >= 15 is 0 Å². The number of hydrogen-bond acceptors (Lipinski definition) is 7. The number of carbonyl (C=O) groups is 4. The number of β-lactam (4-membered cyclic amide) rings is 1. The standard InChI is InChI=1S/C26H21Br2N3O7S/c1-26(2)19(24(35)36)31-22(34)17(23(31)39-26)30-21(33)16(11-6-4-3-5-7-11)29-20(32)14-9-12-8-13(27)10-15(28)18(12)38-25(14)37/h3-10,16-17,19,23H,1-2H3,(H,29,32)(H,30,33)(H,35,36)/t16?,17-,19+,23-/m1/s1. The molecule has 3 heterocycles. The van der Waals surface area contributed by atoms with E-state index < -0.39 is 57.6 Å². The van der Waals surface area contributed by atoms with Crippen LogP contribution < -0.4 is 16.3 Å². The SMILES string of the molecule is CC1(C)S[C@@H]2[C@H](NC(=O)C(NC(=O)c3cc4cc(Br)cc(Br)c4oc3=O)c3ccccc3)C(=O)N2[C@H]1C(=O)O. The number of benzene rings is 2. The summed E-state index contributed by atoms with van der Waals surface area (Å²) in [5, 5.41) is 14.8. The van der Waals surface area contributed by atoms with E-state index in [0.717, 1.165) is 0 Å². The minimum absolute atomic E-state index is 0.266. The van der Waals surface area contributed by atoms with Gasteiger partial charge in [-0.25, -0.2) is 9.59 Å². The topological polar surface area (TPSA) is 146 Å². The molecule has 3 N–H and O–H groups in total. The first kappa shape index (κ1) is 27.4. The van der Waals surface area contributed by atoms with Gasteiger partial charge in [-0.3, -0.25) is 14.4 Å². The van der Waals surface area contributed by atoms with E-state index in [1.807, 2.05) is 0 Å². The number of carbonyl (C=O) groups excluding carboxylic acids is 3. The van der Waals surface area contributed by atoms with Gasteiger partial charge in [-0.1, -0.05) is 46.3 Å². The summed E-state index contributed by atoms with van der Waals surface area (Å²) in [7, 11) is 0. The molecule has 2 aromatic carbocycles. The molecule has 13 heteroatoms. The minimum atomic E-state index is -1.25. The van der Waals surface area contributed by atoms with Gasteiger partial charge in [0.2, 0.25) is 11.8 Å². The van der Waals surface area contributed by atoms with Crippen LogP contribution >= 0.6 is 43.6 Å². The van der Waals surface area contributed by atoms with Crippen LogP contribution in [0.5, 0.6) is 0 Å². The zero-order valence-corrected chi connectivity index (χ0v) is 24.4. The van der Waals surface area contributed by atoms with Gasteiger partial charge in [0.1, 0.15) is 29.1 Å². The molecule has 5 rings (SSSR count). The van der Waals surface area contributed by atoms with Crippen molar-refractivity contribution in [3.05, 3.63) is 79.0 Å². The molecular weight excluding hydrogens is 658 g/mol. The maximum atomic E-state index is 13.5. The van der Waals surface area contributed by atoms with Crippen molar-refractivity contribution in [2.45, 2.75) is 42.1 Å². The Morgan fingerprint density at radius 1 is 1.10 bits per heavy atom. The lowest BCUT2D eigenvalue weighted by atomic mass is 9.95. The number of halogens is 2. The molecule has 2 fully saturated rings. The molecule has 10 nitrogen and oxygen atoms in total. The summed E-state index contributed by atoms with van der Waals surface area (Å²) < 4.78 is 5.82. The number of fused-ring (bicyclic) bond motifs is 2. The molecule has 2 aliphatic heterocycles. The van der Waals surface area contributed by atoms with Gasteiger partial charge >= 0.3 is 11.6 Å². The molecule has 0 saturated carbocycles. The van der Waals surface area contributed by atoms with Crippen LogP contribution in [0, 0.1) is 0 Å². The molecule has 1 unspecified atom stereocenters. The second-order valence-corrected chi connectivity index (χ2v) is 13.2. The van der Waals surface area contributed by atoms with Crippen molar-refractivity contribution in [1.29, 1.82) is 0 Å².